The van der Waals surface area contributed by atoms with Gasteiger partial charge in [-0.05, 0) is 13.1 Å². The normalized spacial score (nSPS) is 12.4. The van der Waals surface area contributed by atoms with Gasteiger partial charge in [0.05, 0.1) is 5.92 Å². The van der Waals surface area contributed by atoms with E-state index in [4.69, 9.17) is 5.11 Å². The van der Waals surface area contributed by atoms with Crippen molar-refractivity contribution in [1.29, 1.82) is 0 Å². The Morgan fingerprint density at radius 2 is 2.14 bits per heavy atom. The number of carboxylic acids is 1. The summed E-state index contributed by atoms with van der Waals surface area (Å²) in [7, 11) is 1.68. The molecule has 0 radical (unpaired) electrons. The number of para-hydroxylation sites is 1. The van der Waals surface area contributed by atoms with Gasteiger partial charge in [-0.3, -0.25) is 4.79 Å². The number of aromatic hydroxyl groups is 1. The van der Waals surface area contributed by atoms with Crippen LogP contribution in [0.5, 0.6) is 5.75 Å². The highest BCUT2D eigenvalue weighted by Crippen LogP contribution is 2.24. The van der Waals surface area contributed by atoms with Crippen LogP contribution in [0.15, 0.2) is 24.3 Å². The number of carbonyl (C=O) groups is 1. The molecule has 4 heteroatoms. The summed E-state index contributed by atoms with van der Waals surface area (Å²) in [5.74, 6) is -1.63. The monoisotopic (exact) mass is 195 g/mol. The van der Waals surface area contributed by atoms with E-state index in [9.17, 15) is 9.90 Å². The van der Waals surface area contributed by atoms with Crippen LogP contribution in [0.4, 0.5) is 0 Å². The minimum Gasteiger partial charge on any atom is -0.508 e. The van der Waals surface area contributed by atoms with E-state index in [-0.39, 0.29) is 5.75 Å². The van der Waals surface area contributed by atoms with Crippen molar-refractivity contribution in [3.05, 3.63) is 29.8 Å². The van der Waals surface area contributed by atoms with Crippen LogP contribution in [0.25, 0.3) is 0 Å². The molecule has 76 valence electrons. The second-order valence-electron chi connectivity index (χ2n) is 3.01. The molecule has 1 aromatic carbocycles. The highest BCUT2D eigenvalue weighted by atomic mass is 16.4. The van der Waals surface area contributed by atoms with E-state index >= 15 is 0 Å². The molecule has 0 saturated carbocycles. The second kappa shape index (κ2) is 4.62. The number of benzene rings is 1. The molecule has 3 N–H and O–H groups in total. The summed E-state index contributed by atoms with van der Waals surface area (Å²) in [6.45, 7) is 0.299. The fraction of sp³-hybridized carbons (Fsp3) is 0.300. The molecule has 0 bridgehead atoms. The number of nitrogens with one attached hydrogen (secondary N) is 1. The predicted molar refractivity (Wildman–Crippen MR) is 52.4 cm³/mol. The van der Waals surface area contributed by atoms with Crippen molar-refractivity contribution in [2.24, 2.45) is 0 Å². The van der Waals surface area contributed by atoms with Crippen LogP contribution in [-0.2, 0) is 4.79 Å². The molecule has 0 heterocycles. The van der Waals surface area contributed by atoms with Crippen molar-refractivity contribution < 1.29 is 15.0 Å². The molecule has 1 atom stereocenters. The number of hydrogen-bond donors (Lipinski definition) is 3. The summed E-state index contributed by atoms with van der Waals surface area (Å²) in [4.78, 5) is 10.9. The lowest BCUT2D eigenvalue weighted by Gasteiger charge is -2.13. The molecule has 1 rings (SSSR count). The molecule has 0 aromatic heterocycles. The molecule has 4 nitrogen and oxygen atoms in total. The molecule has 0 spiro atoms. The SMILES string of the molecule is CNCC(C(=O)O)c1ccccc1O. The first-order valence-corrected chi connectivity index (χ1v) is 4.32. The minimum atomic E-state index is -0.944. The Kier molecular flexibility index (Phi) is 3.48. The third kappa shape index (κ3) is 2.23. The maximum atomic E-state index is 10.9. The molecular weight excluding hydrogens is 182 g/mol. The van der Waals surface area contributed by atoms with Gasteiger partial charge in [-0.25, -0.2) is 0 Å². The summed E-state index contributed by atoms with van der Waals surface area (Å²) in [6, 6.07) is 6.48. The van der Waals surface area contributed by atoms with Gasteiger partial charge in [0.15, 0.2) is 0 Å². The Labute approximate surface area is 82.2 Å². The number of hydrogen-bond acceptors (Lipinski definition) is 3. The van der Waals surface area contributed by atoms with Crippen LogP contribution in [0.2, 0.25) is 0 Å². The van der Waals surface area contributed by atoms with Gasteiger partial charge < -0.3 is 15.5 Å². The van der Waals surface area contributed by atoms with Crippen LogP contribution in [0.3, 0.4) is 0 Å². The lowest BCUT2D eigenvalue weighted by molar-refractivity contribution is -0.138. The average Bonchev–Trinajstić information content (AvgIpc) is 2.15. The van der Waals surface area contributed by atoms with Crippen molar-refractivity contribution in [1.82, 2.24) is 5.32 Å². The number of likely N-dealkylation sites (N-methyl/N-ethyl adjacent to an activating group) is 1. The summed E-state index contributed by atoms with van der Waals surface area (Å²) < 4.78 is 0. The number of rotatable bonds is 4. The van der Waals surface area contributed by atoms with Crippen LogP contribution in [-0.4, -0.2) is 29.8 Å². The van der Waals surface area contributed by atoms with E-state index in [1.807, 2.05) is 0 Å². The quantitative estimate of drug-likeness (QED) is 0.664. The van der Waals surface area contributed by atoms with Crippen molar-refractivity contribution in [2.45, 2.75) is 5.92 Å². The van der Waals surface area contributed by atoms with Crippen LogP contribution in [0, 0.1) is 0 Å². The van der Waals surface area contributed by atoms with Gasteiger partial charge >= 0.3 is 5.97 Å². The predicted octanol–water partition coefficient (Wildman–Crippen LogP) is 0.780. The largest absolute Gasteiger partial charge is 0.508 e. The maximum absolute atomic E-state index is 10.9. The molecule has 0 aliphatic rings. The fourth-order valence-corrected chi connectivity index (χ4v) is 1.32. The number of phenols is 1. The highest BCUT2D eigenvalue weighted by Gasteiger charge is 2.21. The van der Waals surface area contributed by atoms with Crippen molar-refractivity contribution in [2.75, 3.05) is 13.6 Å². The van der Waals surface area contributed by atoms with Crippen molar-refractivity contribution in [3.8, 4) is 5.75 Å². The van der Waals surface area contributed by atoms with E-state index in [0.29, 0.717) is 12.1 Å². The molecule has 0 saturated heterocycles. The zero-order valence-corrected chi connectivity index (χ0v) is 7.90. The first-order chi connectivity index (χ1) is 6.66. The van der Waals surface area contributed by atoms with Gasteiger partial charge in [-0.1, -0.05) is 18.2 Å². The lowest BCUT2D eigenvalue weighted by Crippen LogP contribution is -2.24. The van der Waals surface area contributed by atoms with E-state index in [0.717, 1.165) is 0 Å². The van der Waals surface area contributed by atoms with Crippen LogP contribution < -0.4 is 5.32 Å². The fourth-order valence-electron chi connectivity index (χ4n) is 1.32. The first-order valence-electron chi connectivity index (χ1n) is 4.32. The molecule has 0 fully saturated rings. The topological polar surface area (TPSA) is 69.6 Å². The van der Waals surface area contributed by atoms with Gasteiger partial charge in [-0.2, -0.15) is 0 Å². The Balaban J connectivity index is 2.99. The Morgan fingerprint density at radius 3 is 2.64 bits per heavy atom. The van der Waals surface area contributed by atoms with E-state index in [2.05, 4.69) is 5.32 Å². The van der Waals surface area contributed by atoms with E-state index < -0.39 is 11.9 Å². The summed E-state index contributed by atoms with van der Waals surface area (Å²) >= 11 is 0. The van der Waals surface area contributed by atoms with Crippen molar-refractivity contribution >= 4 is 5.97 Å². The van der Waals surface area contributed by atoms with Gasteiger partial charge in [-0.15, -0.1) is 0 Å². The van der Waals surface area contributed by atoms with Gasteiger partial charge in [0.2, 0.25) is 0 Å². The zero-order chi connectivity index (χ0) is 10.6. The van der Waals surface area contributed by atoms with E-state index in [1.165, 1.54) is 6.07 Å². The van der Waals surface area contributed by atoms with Crippen LogP contribution >= 0.6 is 0 Å². The van der Waals surface area contributed by atoms with Crippen LogP contribution in [0.1, 0.15) is 11.5 Å². The Hall–Kier alpha value is -1.55. The van der Waals surface area contributed by atoms with Gasteiger partial charge in [0.1, 0.15) is 5.75 Å². The van der Waals surface area contributed by atoms with Crippen molar-refractivity contribution in [3.63, 3.8) is 0 Å². The lowest BCUT2D eigenvalue weighted by atomic mass is 9.98. The third-order valence-electron chi connectivity index (χ3n) is 2.02. The standard InChI is InChI=1S/C10H13NO3/c1-11-6-8(10(13)14)7-4-2-3-5-9(7)12/h2-5,8,11-12H,6H2,1H3,(H,13,14). The molecule has 1 aromatic rings. The van der Waals surface area contributed by atoms with Gasteiger partial charge in [0, 0.05) is 12.1 Å². The average molecular weight is 195 g/mol. The molecule has 0 aliphatic carbocycles. The minimum absolute atomic E-state index is 0.0233. The molecular formula is C10H13NO3. The Bertz CT molecular complexity index is 325. The number of aliphatic carboxylic acids is 1. The summed E-state index contributed by atoms with van der Waals surface area (Å²) in [5.41, 5.74) is 0.439. The molecule has 0 amide bonds. The first kappa shape index (κ1) is 10.5. The third-order valence-corrected chi connectivity index (χ3v) is 2.02. The second-order valence-corrected chi connectivity index (χ2v) is 3.01. The molecule has 14 heavy (non-hydrogen) atoms. The highest BCUT2D eigenvalue weighted by molar-refractivity contribution is 5.77. The molecule has 1 unspecified atom stereocenters. The maximum Gasteiger partial charge on any atom is 0.312 e. The molecule has 0 aliphatic heterocycles. The smallest absolute Gasteiger partial charge is 0.312 e. The zero-order valence-electron chi connectivity index (χ0n) is 7.90. The number of carboxylic acid groups (broad SMARTS) is 1. The van der Waals surface area contributed by atoms with Gasteiger partial charge in [0.25, 0.3) is 0 Å². The summed E-state index contributed by atoms with van der Waals surface area (Å²) in [6.07, 6.45) is 0. The number of phenolic OH excluding ortho intramolecular Hbond substituents is 1. The van der Waals surface area contributed by atoms with E-state index in [1.54, 1.807) is 25.2 Å². The summed E-state index contributed by atoms with van der Waals surface area (Å²) in [5, 5.41) is 21.2. The Morgan fingerprint density at radius 1 is 1.50 bits per heavy atom.